The third-order valence-electron chi connectivity index (χ3n) is 2.20. The Morgan fingerprint density at radius 2 is 2.50 bits per heavy atom. The fourth-order valence-electron chi connectivity index (χ4n) is 1.43. The Hall–Kier alpha value is -1.66. The van der Waals surface area contributed by atoms with Crippen LogP contribution in [-0.4, -0.2) is 22.6 Å². The van der Waals surface area contributed by atoms with Gasteiger partial charge in [-0.15, -0.1) is 11.3 Å². The molecule has 0 bridgehead atoms. The Kier molecular flexibility index (Phi) is 3.02. The summed E-state index contributed by atoms with van der Waals surface area (Å²) in [6, 6.07) is 1.84. The molecule has 0 aromatic carbocycles. The predicted molar refractivity (Wildman–Crippen MR) is 60.7 cm³/mol. The van der Waals surface area contributed by atoms with Crippen LogP contribution in [0.2, 0.25) is 0 Å². The van der Waals surface area contributed by atoms with Gasteiger partial charge in [-0.1, -0.05) is 0 Å². The molecule has 0 aliphatic carbocycles. The molecular formula is C10H11N3O2S. The SMILES string of the molecule is COC(=O)c1sccc1-n1cncc1CN. The number of hydrogen-bond donors (Lipinski definition) is 1. The number of ether oxygens (including phenoxy) is 1. The van der Waals surface area contributed by atoms with Crippen molar-refractivity contribution in [2.45, 2.75) is 6.54 Å². The van der Waals surface area contributed by atoms with E-state index in [0.717, 1.165) is 11.4 Å². The van der Waals surface area contributed by atoms with Crippen LogP contribution < -0.4 is 5.73 Å². The average molecular weight is 237 g/mol. The Balaban J connectivity index is 2.48. The largest absolute Gasteiger partial charge is 0.465 e. The molecule has 0 unspecified atom stereocenters. The van der Waals surface area contributed by atoms with Crippen LogP contribution in [-0.2, 0) is 11.3 Å². The molecule has 2 heterocycles. The van der Waals surface area contributed by atoms with Crippen molar-refractivity contribution in [1.82, 2.24) is 9.55 Å². The first kappa shape index (κ1) is 10.8. The first-order valence-corrected chi connectivity index (χ1v) is 5.53. The minimum absolute atomic E-state index is 0.346. The molecule has 0 aliphatic heterocycles. The maximum absolute atomic E-state index is 11.5. The van der Waals surface area contributed by atoms with E-state index in [1.54, 1.807) is 17.1 Å². The number of carbonyl (C=O) groups excluding carboxylic acids is 1. The van der Waals surface area contributed by atoms with Crippen molar-refractivity contribution in [3.8, 4) is 5.69 Å². The van der Waals surface area contributed by atoms with Crippen molar-refractivity contribution in [3.63, 3.8) is 0 Å². The van der Waals surface area contributed by atoms with Gasteiger partial charge in [0.05, 0.1) is 24.8 Å². The van der Waals surface area contributed by atoms with E-state index in [2.05, 4.69) is 4.98 Å². The third-order valence-corrected chi connectivity index (χ3v) is 3.08. The maximum atomic E-state index is 11.5. The molecule has 2 aromatic rings. The summed E-state index contributed by atoms with van der Waals surface area (Å²) in [7, 11) is 1.36. The second kappa shape index (κ2) is 4.46. The van der Waals surface area contributed by atoms with Gasteiger partial charge in [0.1, 0.15) is 4.88 Å². The number of hydrogen-bond acceptors (Lipinski definition) is 5. The van der Waals surface area contributed by atoms with E-state index < -0.39 is 0 Å². The fourth-order valence-corrected chi connectivity index (χ4v) is 2.23. The molecule has 0 fully saturated rings. The first-order valence-electron chi connectivity index (χ1n) is 4.65. The predicted octanol–water partition coefficient (Wildman–Crippen LogP) is 1.18. The summed E-state index contributed by atoms with van der Waals surface area (Å²) in [5.41, 5.74) is 7.20. The van der Waals surface area contributed by atoms with Crippen LogP contribution in [0.4, 0.5) is 0 Å². The molecule has 0 saturated carbocycles. The highest BCUT2D eigenvalue weighted by Gasteiger charge is 2.16. The summed E-state index contributed by atoms with van der Waals surface area (Å²) in [6.45, 7) is 0.371. The van der Waals surface area contributed by atoms with Gasteiger partial charge in [-0.3, -0.25) is 0 Å². The van der Waals surface area contributed by atoms with Crippen LogP contribution in [0.5, 0.6) is 0 Å². The van der Waals surface area contributed by atoms with Crippen molar-refractivity contribution < 1.29 is 9.53 Å². The van der Waals surface area contributed by atoms with Crippen LogP contribution >= 0.6 is 11.3 Å². The molecule has 5 nitrogen and oxygen atoms in total. The lowest BCUT2D eigenvalue weighted by atomic mass is 10.3. The number of imidazole rings is 1. The molecular weight excluding hydrogens is 226 g/mol. The van der Waals surface area contributed by atoms with Crippen molar-refractivity contribution in [3.05, 3.63) is 34.5 Å². The molecule has 0 amide bonds. The third kappa shape index (κ3) is 1.72. The highest BCUT2D eigenvalue weighted by Crippen LogP contribution is 2.23. The summed E-state index contributed by atoms with van der Waals surface area (Å²) in [4.78, 5) is 16.1. The second-order valence-electron chi connectivity index (χ2n) is 3.09. The number of nitrogens with two attached hydrogens (primary N) is 1. The first-order chi connectivity index (χ1) is 7.77. The van der Waals surface area contributed by atoms with Crippen LogP contribution in [0.1, 0.15) is 15.4 Å². The Morgan fingerprint density at radius 1 is 1.69 bits per heavy atom. The number of methoxy groups -OCH3 is 1. The van der Waals surface area contributed by atoms with Crippen molar-refractivity contribution in [2.24, 2.45) is 5.73 Å². The normalized spacial score (nSPS) is 10.4. The molecule has 2 N–H and O–H groups in total. The van der Waals surface area contributed by atoms with E-state index in [-0.39, 0.29) is 5.97 Å². The molecule has 0 radical (unpaired) electrons. The maximum Gasteiger partial charge on any atom is 0.350 e. The standard InChI is InChI=1S/C10H11N3O2S/c1-15-10(14)9-8(2-3-16-9)13-6-12-5-7(13)4-11/h2-3,5-6H,4,11H2,1H3. The zero-order valence-electron chi connectivity index (χ0n) is 8.71. The van der Waals surface area contributed by atoms with Gasteiger partial charge in [0.25, 0.3) is 0 Å². The van der Waals surface area contributed by atoms with E-state index in [0.29, 0.717) is 11.4 Å². The highest BCUT2D eigenvalue weighted by molar-refractivity contribution is 7.12. The lowest BCUT2D eigenvalue weighted by Gasteiger charge is -2.06. The molecule has 6 heteroatoms. The molecule has 2 rings (SSSR count). The smallest absolute Gasteiger partial charge is 0.350 e. The monoisotopic (exact) mass is 237 g/mol. The molecule has 84 valence electrons. The Bertz CT molecular complexity index is 504. The lowest BCUT2D eigenvalue weighted by Crippen LogP contribution is -2.08. The van der Waals surface area contributed by atoms with Crippen molar-refractivity contribution in [1.29, 1.82) is 0 Å². The van der Waals surface area contributed by atoms with Crippen LogP contribution in [0.3, 0.4) is 0 Å². The number of aromatic nitrogens is 2. The van der Waals surface area contributed by atoms with E-state index in [4.69, 9.17) is 10.5 Å². The average Bonchev–Trinajstić information content (AvgIpc) is 2.94. The van der Waals surface area contributed by atoms with Gasteiger partial charge in [0.15, 0.2) is 0 Å². The number of esters is 1. The van der Waals surface area contributed by atoms with Crippen LogP contribution in [0.25, 0.3) is 5.69 Å². The topological polar surface area (TPSA) is 70.1 Å². The highest BCUT2D eigenvalue weighted by atomic mass is 32.1. The molecule has 0 saturated heterocycles. The second-order valence-corrected chi connectivity index (χ2v) is 4.00. The number of rotatable bonds is 3. The minimum atomic E-state index is -0.346. The van der Waals surface area contributed by atoms with E-state index >= 15 is 0 Å². The zero-order valence-corrected chi connectivity index (χ0v) is 9.53. The molecule has 0 atom stereocenters. The van der Waals surface area contributed by atoms with E-state index in [9.17, 15) is 4.79 Å². The molecule has 16 heavy (non-hydrogen) atoms. The van der Waals surface area contributed by atoms with E-state index in [1.165, 1.54) is 18.4 Å². The van der Waals surface area contributed by atoms with Gasteiger partial charge >= 0.3 is 5.97 Å². The summed E-state index contributed by atoms with van der Waals surface area (Å²) in [5, 5.41) is 1.84. The summed E-state index contributed by atoms with van der Waals surface area (Å²) in [5.74, 6) is -0.346. The summed E-state index contributed by atoms with van der Waals surface area (Å²) in [6.07, 6.45) is 3.31. The fraction of sp³-hybridized carbons (Fsp3) is 0.200. The summed E-state index contributed by atoms with van der Waals surface area (Å²) >= 11 is 1.34. The van der Waals surface area contributed by atoms with Gasteiger partial charge in [-0.05, 0) is 11.4 Å². The van der Waals surface area contributed by atoms with Crippen LogP contribution in [0.15, 0.2) is 24.0 Å². The summed E-state index contributed by atoms with van der Waals surface area (Å²) < 4.78 is 6.51. The Morgan fingerprint density at radius 3 is 3.19 bits per heavy atom. The minimum Gasteiger partial charge on any atom is -0.465 e. The quantitative estimate of drug-likeness (QED) is 0.814. The van der Waals surface area contributed by atoms with Gasteiger partial charge in [-0.25, -0.2) is 9.78 Å². The van der Waals surface area contributed by atoms with E-state index in [1.807, 2.05) is 11.4 Å². The van der Waals surface area contributed by atoms with Gasteiger partial charge in [0, 0.05) is 12.7 Å². The number of nitrogens with zero attached hydrogens (tertiary/aromatic N) is 2. The number of carbonyl (C=O) groups is 1. The van der Waals surface area contributed by atoms with Crippen molar-refractivity contribution >= 4 is 17.3 Å². The van der Waals surface area contributed by atoms with Gasteiger partial charge in [-0.2, -0.15) is 0 Å². The Labute approximate surface area is 96.5 Å². The molecule has 2 aromatic heterocycles. The lowest BCUT2D eigenvalue weighted by molar-refractivity contribution is 0.0606. The van der Waals surface area contributed by atoms with Crippen LogP contribution in [0, 0.1) is 0 Å². The van der Waals surface area contributed by atoms with Gasteiger partial charge < -0.3 is 15.0 Å². The van der Waals surface area contributed by atoms with Crippen molar-refractivity contribution in [2.75, 3.05) is 7.11 Å². The molecule has 0 spiro atoms. The molecule has 0 aliphatic rings. The zero-order chi connectivity index (χ0) is 11.5. The van der Waals surface area contributed by atoms with Gasteiger partial charge in [0.2, 0.25) is 0 Å². The number of thiophene rings is 1.